The molecule has 1 rings (SSSR count). The smallest absolute Gasteiger partial charge is 0.218 e. The third kappa shape index (κ3) is 3.86. The summed E-state index contributed by atoms with van der Waals surface area (Å²) < 4.78 is 128. The van der Waals surface area contributed by atoms with Crippen LogP contribution in [0.2, 0.25) is 0 Å². The molecule has 23 heavy (non-hydrogen) atoms. The summed E-state index contributed by atoms with van der Waals surface area (Å²) in [5.41, 5.74) is -10.6. The van der Waals surface area contributed by atoms with E-state index < -0.39 is 47.0 Å². The van der Waals surface area contributed by atoms with E-state index in [1.807, 2.05) is 0 Å². The molecule has 1 aromatic rings. The molecule has 0 amide bonds. The van der Waals surface area contributed by atoms with Crippen LogP contribution < -0.4 is 0 Å². The summed E-state index contributed by atoms with van der Waals surface area (Å²) in [4.78, 5) is 0. The molecule has 0 atom stereocenters. The van der Waals surface area contributed by atoms with Gasteiger partial charge < -0.3 is 0 Å². The zero-order chi connectivity index (χ0) is 18.3. The lowest BCUT2D eigenvalue weighted by Gasteiger charge is -2.31. The number of halogens is 10. The fourth-order valence-corrected chi connectivity index (χ4v) is 2.17. The topological polar surface area (TPSA) is 0 Å². The third-order valence-corrected chi connectivity index (χ3v) is 3.31. The van der Waals surface area contributed by atoms with Gasteiger partial charge in [0.1, 0.15) is 0 Å². The van der Waals surface area contributed by atoms with E-state index in [1.165, 1.54) is 6.26 Å². The summed E-state index contributed by atoms with van der Waals surface area (Å²) in [5.74, 6) is -0.372. The number of benzene rings is 1. The van der Waals surface area contributed by atoms with Gasteiger partial charge >= 0.3 is 24.2 Å². The molecule has 1 aromatic carbocycles. The molecule has 11 heteroatoms. The molecule has 0 heterocycles. The van der Waals surface area contributed by atoms with Crippen LogP contribution in [0.25, 0.3) is 0 Å². The van der Waals surface area contributed by atoms with Crippen molar-refractivity contribution in [2.75, 3.05) is 6.26 Å². The largest absolute Gasteiger partial charge is 0.435 e. The summed E-state index contributed by atoms with van der Waals surface area (Å²) in [6.07, 6.45) is -16.9. The first-order valence-corrected chi connectivity index (χ1v) is 6.99. The standard InChI is InChI=1S/C12H7F10S/c1-23-5-6-2-7(4-8(3-6)10(14,15)16)9(13,11(17,18)19)12(20,21)22/h2,4H,5H2,1H3. The average Bonchev–Trinajstić information content (AvgIpc) is 2.34. The van der Waals surface area contributed by atoms with Crippen molar-refractivity contribution < 1.29 is 43.9 Å². The molecule has 0 saturated carbocycles. The number of rotatable bonds is 3. The van der Waals surface area contributed by atoms with Crippen LogP contribution in [0.3, 0.4) is 0 Å². The van der Waals surface area contributed by atoms with E-state index in [-0.39, 0.29) is 11.8 Å². The van der Waals surface area contributed by atoms with Crippen molar-refractivity contribution in [2.45, 2.75) is 30.0 Å². The number of hydrogen-bond donors (Lipinski definition) is 0. The van der Waals surface area contributed by atoms with Gasteiger partial charge in [-0.25, -0.2) is 4.39 Å². The van der Waals surface area contributed by atoms with Gasteiger partial charge in [0, 0.05) is 11.3 Å². The summed E-state index contributed by atoms with van der Waals surface area (Å²) >= 11 is 0.825. The van der Waals surface area contributed by atoms with E-state index in [0.717, 1.165) is 11.8 Å². The minimum absolute atomic E-state index is 0.0900. The van der Waals surface area contributed by atoms with Gasteiger partial charge in [0.2, 0.25) is 0 Å². The van der Waals surface area contributed by atoms with Gasteiger partial charge in [-0.2, -0.15) is 51.3 Å². The van der Waals surface area contributed by atoms with Crippen LogP contribution >= 0.6 is 11.8 Å². The zero-order valence-corrected chi connectivity index (χ0v) is 11.9. The molecular weight excluding hydrogens is 366 g/mol. The Balaban J connectivity index is 3.70. The van der Waals surface area contributed by atoms with Gasteiger partial charge in [0.25, 0.3) is 0 Å². The van der Waals surface area contributed by atoms with E-state index in [2.05, 4.69) is 0 Å². The normalized spacial score (nSPS) is 14.2. The second-order valence-electron chi connectivity index (χ2n) is 4.39. The molecule has 0 aliphatic carbocycles. The van der Waals surface area contributed by atoms with Gasteiger partial charge in [0.05, 0.1) is 5.56 Å². The Bertz CT molecular complexity index is 540. The lowest BCUT2D eigenvalue weighted by Crippen LogP contribution is -2.50. The first-order chi connectivity index (χ1) is 10.1. The molecule has 0 aliphatic rings. The lowest BCUT2D eigenvalue weighted by atomic mass is 9.91. The predicted octanol–water partition coefficient (Wildman–Crippen LogP) is 5.66. The molecular formula is C12H7F10S. The molecule has 0 nitrogen and oxygen atoms in total. The maximum atomic E-state index is 13.9. The van der Waals surface area contributed by atoms with Crippen LogP contribution in [0.4, 0.5) is 43.9 Å². The summed E-state index contributed by atoms with van der Waals surface area (Å²) in [6, 6.07) is 1.22. The Morgan fingerprint density at radius 2 is 1.35 bits per heavy atom. The number of thioether (sulfide) groups is 1. The van der Waals surface area contributed by atoms with Crippen molar-refractivity contribution in [1.29, 1.82) is 0 Å². The van der Waals surface area contributed by atoms with E-state index in [1.54, 1.807) is 6.07 Å². The fourth-order valence-electron chi connectivity index (χ4n) is 1.70. The molecule has 1 radical (unpaired) electrons. The SMILES string of the molecule is CSCc1[c]c(C(F)(F)F)cc(C(F)(C(F)(F)F)C(F)(F)F)c1. The van der Waals surface area contributed by atoms with Crippen molar-refractivity contribution in [2.24, 2.45) is 0 Å². The van der Waals surface area contributed by atoms with E-state index >= 15 is 0 Å². The van der Waals surface area contributed by atoms with Crippen LogP contribution in [-0.4, -0.2) is 18.6 Å². The Morgan fingerprint density at radius 3 is 1.70 bits per heavy atom. The van der Waals surface area contributed by atoms with Gasteiger partial charge in [-0.3, -0.25) is 0 Å². The Morgan fingerprint density at radius 1 is 0.870 bits per heavy atom. The minimum atomic E-state index is -6.48. The molecule has 0 aliphatic heterocycles. The highest BCUT2D eigenvalue weighted by atomic mass is 32.2. The monoisotopic (exact) mass is 373 g/mol. The Kier molecular flexibility index (Phi) is 5.25. The van der Waals surface area contributed by atoms with Crippen LogP contribution in [0, 0.1) is 6.07 Å². The van der Waals surface area contributed by atoms with Crippen LogP contribution in [-0.2, 0) is 17.6 Å². The second kappa shape index (κ2) is 6.06. The third-order valence-electron chi connectivity index (χ3n) is 2.71. The molecule has 0 unspecified atom stereocenters. The van der Waals surface area contributed by atoms with Crippen LogP contribution in [0.5, 0.6) is 0 Å². The van der Waals surface area contributed by atoms with E-state index in [4.69, 9.17) is 0 Å². The zero-order valence-electron chi connectivity index (χ0n) is 11.0. The Hall–Kier alpha value is -1.13. The Labute approximate surface area is 127 Å². The molecule has 131 valence electrons. The van der Waals surface area contributed by atoms with Crippen molar-refractivity contribution in [3.63, 3.8) is 0 Å². The van der Waals surface area contributed by atoms with Crippen molar-refractivity contribution in [3.05, 3.63) is 34.9 Å². The quantitative estimate of drug-likeness (QED) is 0.617. The van der Waals surface area contributed by atoms with Gasteiger partial charge in [-0.15, -0.1) is 0 Å². The highest BCUT2D eigenvalue weighted by Gasteiger charge is 2.73. The molecule has 0 bridgehead atoms. The highest BCUT2D eigenvalue weighted by Crippen LogP contribution is 2.54. The molecule has 0 saturated heterocycles. The maximum Gasteiger partial charge on any atom is 0.435 e. The van der Waals surface area contributed by atoms with E-state index in [9.17, 15) is 43.9 Å². The first kappa shape index (κ1) is 19.9. The van der Waals surface area contributed by atoms with Crippen LogP contribution in [0.1, 0.15) is 16.7 Å². The van der Waals surface area contributed by atoms with Crippen molar-refractivity contribution >= 4 is 11.8 Å². The predicted molar refractivity (Wildman–Crippen MR) is 62.4 cm³/mol. The second-order valence-corrected chi connectivity index (χ2v) is 5.26. The highest BCUT2D eigenvalue weighted by molar-refractivity contribution is 7.97. The van der Waals surface area contributed by atoms with Crippen LogP contribution in [0.15, 0.2) is 12.1 Å². The first-order valence-electron chi connectivity index (χ1n) is 5.59. The van der Waals surface area contributed by atoms with Gasteiger partial charge in [-0.05, 0) is 24.0 Å². The van der Waals surface area contributed by atoms with E-state index in [0.29, 0.717) is 0 Å². The van der Waals surface area contributed by atoms with Crippen molar-refractivity contribution in [3.8, 4) is 0 Å². The summed E-state index contributed by atoms with van der Waals surface area (Å²) in [6.45, 7) is 0. The van der Waals surface area contributed by atoms with Crippen molar-refractivity contribution in [1.82, 2.24) is 0 Å². The molecule has 0 fully saturated rings. The average molecular weight is 373 g/mol. The molecule has 0 spiro atoms. The lowest BCUT2D eigenvalue weighted by molar-refractivity contribution is -0.348. The maximum absolute atomic E-state index is 13.9. The molecule has 0 aromatic heterocycles. The minimum Gasteiger partial charge on any atom is -0.218 e. The van der Waals surface area contributed by atoms with Gasteiger partial charge in [0.15, 0.2) is 0 Å². The fraction of sp³-hybridized carbons (Fsp3) is 0.500. The summed E-state index contributed by atoms with van der Waals surface area (Å²) in [7, 11) is 0. The molecule has 0 N–H and O–H groups in total. The summed E-state index contributed by atoms with van der Waals surface area (Å²) in [5, 5.41) is 0. The number of alkyl halides is 10. The number of hydrogen-bond acceptors (Lipinski definition) is 1. The van der Waals surface area contributed by atoms with Gasteiger partial charge in [-0.1, -0.05) is 6.07 Å².